The zero-order valence-electron chi connectivity index (χ0n) is 16.9. The number of halogens is 1. The van der Waals surface area contributed by atoms with E-state index in [9.17, 15) is 4.79 Å². The molecule has 1 aliphatic rings. The van der Waals surface area contributed by atoms with Gasteiger partial charge in [0.15, 0.2) is 0 Å². The van der Waals surface area contributed by atoms with E-state index in [0.29, 0.717) is 25.3 Å². The molecule has 0 bridgehead atoms. The summed E-state index contributed by atoms with van der Waals surface area (Å²) >= 11 is 7.52. The number of benzene rings is 1. The van der Waals surface area contributed by atoms with E-state index in [0.717, 1.165) is 25.7 Å². The first kappa shape index (κ1) is 20.8. The van der Waals surface area contributed by atoms with Crippen LogP contribution in [0.25, 0.3) is 17.0 Å². The number of aromatic nitrogens is 2. The highest BCUT2D eigenvalue weighted by atomic mass is 35.5. The number of anilines is 1. The van der Waals surface area contributed by atoms with E-state index in [1.54, 1.807) is 0 Å². The molecule has 1 aliphatic heterocycles. The highest BCUT2D eigenvalue weighted by molar-refractivity contribution is 7.16. The maximum Gasteiger partial charge on any atom is 0.243 e. The summed E-state index contributed by atoms with van der Waals surface area (Å²) in [5.41, 5.74) is 7.08. The van der Waals surface area contributed by atoms with Gasteiger partial charge in [-0.25, -0.2) is 9.97 Å². The molecule has 0 spiro atoms. The predicted octanol–water partition coefficient (Wildman–Crippen LogP) is 4.11. The van der Waals surface area contributed by atoms with Gasteiger partial charge < -0.3 is 10.6 Å². The SMILES string of the molecule is C[C@@H]1CN(Cc2ccc3c(N)ncnc3c2)C(=O)[C@](C)(CC=Cc2ccc(Cl)s2)N1. The van der Waals surface area contributed by atoms with Crippen molar-refractivity contribution >= 4 is 51.6 Å². The van der Waals surface area contributed by atoms with E-state index in [4.69, 9.17) is 17.3 Å². The normalized spacial score (nSPS) is 22.3. The highest BCUT2D eigenvalue weighted by Crippen LogP contribution is 2.26. The summed E-state index contributed by atoms with van der Waals surface area (Å²) in [6, 6.07) is 9.93. The van der Waals surface area contributed by atoms with Crippen LogP contribution in [0.4, 0.5) is 5.82 Å². The van der Waals surface area contributed by atoms with Crippen LogP contribution in [0.15, 0.2) is 42.7 Å². The molecule has 4 rings (SSSR count). The molecule has 0 aliphatic carbocycles. The Labute approximate surface area is 184 Å². The van der Waals surface area contributed by atoms with Gasteiger partial charge in [0.05, 0.1) is 15.4 Å². The minimum Gasteiger partial charge on any atom is -0.383 e. The Hall–Kier alpha value is -2.48. The summed E-state index contributed by atoms with van der Waals surface area (Å²) in [6.07, 6.45) is 6.13. The molecule has 0 saturated carbocycles. The lowest BCUT2D eigenvalue weighted by atomic mass is 9.91. The van der Waals surface area contributed by atoms with Crippen molar-refractivity contribution in [2.24, 2.45) is 0 Å². The summed E-state index contributed by atoms with van der Waals surface area (Å²) < 4.78 is 0.759. The van der Waals surface area contributed by atoms with E-state index in [-0.39, 0.29) is 11.9 Å². The van der Waals surface area contributed by atoms with Crippen LogP contribution in [-0.2, 0) is 11.3 Å². The van der Waals surface area contributed by atoms with Gasteiger partial charge in [0, 0.05) is 29.4 Å². The Morgan fingerprint density at radius 3 is 2.97 bits per heavy atom. The number of nitrogens with one attached hydrogen (secondary N) is 1. The van der Waals surface area contributed by atoms with Gasteiger partial charge in [0.2, 0.25) is 5.91 Å². The molecule has 3 N–H and O–H groups in total. The molecule has 0 unspecified atom stereocenters. The lowest BCUT2D eigenvalue weighted by Crippen LogP contribution is -2.65. The number of thiophene rings is 1. The lowest BCUT2D eigenvalue weighted by Gasteiger charge is -2.43. The molecule has 6 nitrogen and oxygen atoms in total. The first-order valence-corrected chi connectivity index (χ1v) is 11.0. The molecule has 0 radical (unpaired) electrons. The first-order chi connectivity index (χ1) is 14.3. The molecular weight excluding hydrogens is 418 g/mol. The molecule has 2 atom stereocenters. The highest BCUT2D eigenvalue weighted by Gasteiger charge is 2.41. The van der Waals surface area contributed by atoms with Crippen LogP contribution in [0.5, 0.6) is 0 Å². The number of hydrogen-bond acceptors (Lipinski definition) is 6. The van der Waals surface area contributed by atoms with Gasteiger partial charge in [0.1, 0.15) is 12.1 Å². The number of fused-ring (bicyclic) bond motifs is 1. The summed E-state index contributed by atoms with van der Waals surface area (Å²) in [6.45, 7) is 5.26. The standard InChI is InChI=1S/C22H24ClN5OS/c1-14-11-28(12-15-5-7-17-18(10-15)25-13-26-20(17)24)21(29)22(2,27-14)9-3-4-16-6-8-19(23)30-16/h3-8,10,13-14,27H,9,11-12H2,1-2H3,(H2,24,25,26)/t14-,22+/m1/s1. The minimum atomic E-state index is -0.654. The third-order valence-electron chi connectivity index (χ3n) is 5.33. The zero-order chi connectivity index (χ0) is 21.3. The number of hydrogen-bond donors (Lipinski definition) is 2. The van der Waals surface area contributed by atoms with Crippen molar-refractivity contribution < 1.29 is 4.79 Å². The van der Waals surface area contributed by atoms with Gasteiger partial charge in [-0.2, -0.15) is 0 Å². The van der Waals surface area contributed by atoms with E-state index in [1.165, 1.54) is 17.7 Å². The Morgan fingerprint density at radius 2 is 2.20 bits per heavy atom. The van der Waals surface area contributed by atoms with Gasteiger partial charge in [-0.05, 0) is 56.2 Å². The molecule has 30 heavy (non-hydrogen) atoms. The average Bonchev–Trinajstić information content (AvgIpc) is 3.11. The smallest absolute Gasteiger partial charge is 0.243 e. The molecule has 1 amide bonds. The van der Waals surface area contributed by atoms with Gasteiger partial charge in [-0.3, -0.25) is 10.1 Å². The molecule has 1 fully saturated rings. The van der Waals surface area contributed by atoms with Crippen molar-refractivity contribution in [3.8, 4) is 0 Å². The van der Waals surface area contributed by atoms with E-state index in [2.05, 4.69) is 22.2 Å². The lowest BCUT2D eigenvalue weighted by molar-refractivity contribution is -0.142. The van der Waals surface area contributed by atoms with Gasteiger partial charge in [-0.15, -0.1) is 11.3 Å². The molecule has 2 aromatic heterocycles. The monoisotopic (exact) mass is 441 g/mol. The molecule has 3 heterocycles. The fourth-order valence-electron chi connectivity index (χ4n) is 3.97. The van der Waals surface area contributed by atoms with Gasteiger partial charge in [0.25, 0.3) is 0 Å². The second-order valence-electron chi connectivity index (χ2n) is 7.92. The van der Waals surface area contributed by atoms with Crippen molar-refractivity contribution in [3.63, 3.8) is 0 Å². The summed E-state index contributed by atoms with van der Waals surface area (Å²) in [5.74, 6) is 0.557. The summed E-state index contributed by atoms with van der Waals surface area (Å²) in [4.78, 5) is 24.7. The summed E-state index contributed by atoms with van der Waals surface area (Å²) in [5, 5.41) is 4.31. The molecular formula is C22H24ClN5OS. The largest absolute Gasteiger partial charge is 0.383 e. The average molecular weight is 442 g/mol. The van der Waals surface area contributed by atoms with Crippen LogP contribution in [0, 0.1) is 0 Å². The third kappa shape index (κ3) is 4.33. The number of nitrogens with zero attached hydrogens (tertiary/aromatic N) is 3. The molecule has 156 valence electrons. The van der Waals surface area contributed by atoms with Crippen molar-refractivity contribution in [1.82, 2.24) is 20.2 Å². The number of carbonyl (C=O) groups is 1. The number of nitrogen functional groups attached to an aromatic ring is 1. The van der Waals surface area contributed by atoms with Crippen LogP contribution < -0.4 is 11.1 Å². The van der Waals surface area contributed by atoms with Crippen LogP contribution in [0.1, 0.15) is 30.7 Å². The second-order valence-corrected chi connectivity index (χ2v) is 9.67. The quantitative estimate of drug-likeness (QED) is 0.622. The molecule has 8 heteroatoms. The maximum absolute atomic E-state index is 13.3. The van der Waals surface area contributed by atoms with Crippen molar-refractivity contribution in [2.45, 2.75) is 38.4 Å². The van der Waals surface area contributed by atoms with Crippen LogP contribution in [0.2, 0.25) is 4.34 Å². The Bertz CT molecular complexity index is 1110. The number of piperazine rings is 1. The molecule has 1 aromatic carbocycles. The van der Waals surface area contributed by atoms with Gasteiger partial charge in [-0.1, -0.05) is 23.7 Å². The van der Waals surface area contributed by atoms with Crippen LogP contribution in [-0.4, -0.2) is 38.9 Å². The first-order valence-electron chi connectivity index (χ1n) is 9.82. The molecule has 1 saturated heterocycles. The fraction of sp³-hybridized carbons (Fsp3) is 0.318. The third-order valence-corrected chi connectivity index (χ3v) is 6.52. The number of nitrogens with two attached hydrogens (primary N) is 1. The minimum absolute atomic E-state index is 0.0942. The van der Waals surface area contributed by atoms with Crippen molar-refractivity contribution in [3.05, 3.63) is 57.5 Å². The van der Waals surface area contributed by atoms with Crippen molar-refractivity contribution in [2.75, 3.05) is 12.3 Å². The topological polar surface area (TPSA) is 84.1 Å². The molecule has 3 aromatic rings. The predicted molar refractivity (Wildman–Crippen MR) is 123 cm³/mol. The fourth-order valence-corrected chi connectivity index (χ4v) is 4.96. The Morgan fingerprint density at radius 1 is 1.37 bits per heavy atom. The summed E-state index contributed by atoms with van der Waals surface area (Å²) in [7, 11) is 0. The van der Waals surface area contributed by atoms with E-state index >= 15 is 0 Å². The zero-order valence-corrected chi connectivity index (χ0v) is 18.5. The van der Waals surface area contributed by atoms with Crippen molar-refractivity contribution in [1.29, 1.82) is 0 Å². The number of rotatable bonds is 5. The maximum atomic E-state index is 13.3. The van der Waals surface area contributed by atoms with Crippen LogP contribution >= 0.6 is 22.9 Å². The van der Waals surface area contributed by atoms with Crippen LogP contribution in [0.3, 0.4) is 0 Å². The van der Waals surface area contributed by atoms with E-state index < -0.39 is 5.54 Å². The van der Waals surface area contributed by atoms with E-state index in [1.807, 2.05) is 54.3 Å². The Kier molecular flexibility index (Phi) is 5.77. The van der Waals surface area contributed by atoms with Gasteiger partial charge >= 0.3 is 0 Å². The number of amides is 1. The number of carbonyl (C=O) groups excluding carboxylic acids is 1. The Balaban J connectivity index is 1.51. The second kappa shape index (κ2) is 8.34.